The van der Waals surface area contributed by atoms with Gasteiger partial charge in [0.1, 0.15) is 5.75 Å². The Morgan fingerprint density at radius 2 is 1.97 bits per heavy atom. The number of thioether (sulfide) groups is 1. The van der Waals surface area contributed by atoms with E-state index in [9.17, 15) is 4.79 Å². The predicted molar refractivity (Wildman–Crippen MR) is 117 cm³/mol. The zero-order valence-electron chi connectivity index (χ0n) is 16.0. The Kier molecular flexibility index (Phi) is 5.77. The zero-order chi connectivity index (χ0) is 20.2. The molecule has 1 N–H and O–H groups in total. The number of hydrogen-bond donors (Lipinski definition) is 1. The lowest BCUT2D eigenvalue weighted by Crippen LogP contribution is -2.14. The summed E-state index contributed by atoms with van der Waals surface area (Å²) in [6.45, 7) is 2.58. The molecule has 2 aromatic carbocycles. The van der Waals surface area contributed by atoms with E-state index in [-0.39, 0.29) is 11.7 Å². The molecule has 4 aromatic rings. The molecule has 9 heteroatoms. The number of aromatic nitrogens is 4. The van der Waals surface area contributed by atoms with Crippen LogP contribution in [0.5, 0.6) is 5.75 Å². The van der Waals surface area contributed by atoms with Gasteiger partial charge in [0.15, 0.2) is 16.1 Å². The minimum atomic E-state index is -0.125. The molecule has 0 aliphatic carbocycles. The molecule has 0 saturated heterocycles. The van der Waals surface area contributed by atoms with E-state index in [2.05, 4.69) is 20.5 Å². The van der Waals surface area contributed by atoms with E-state index in [0.29, 0.717) is 16.9 Å². The Morgan fingerprint density at radius 3 is 2.72 bits per heavy atom. The average molecular weight is 426 g/mol. The Hall–Kier alpha value is -2.91. The number of anilines is 1. The summed E-state index contributed by atoms with van der Waals surface area (Å²) >= 11 is 2.80. The Labute approximate surface area is 176 Å². The molecule has 7 nitrogen and oxygen atoms in total. The molecule has 0 aliphatic heterocycles. The normalized spacial score (nSPS) is 11.0. The van der Waals surface area contributed by atoms with Crippen LogP contribution in [0.4, 0.5) is 5.13 Å². The standard InChI is InChI=1S/C20H19N5O2S2/c1-3-27-14-10-8-13(9-11-14)18-23-24-20(25(18)2)28-12-17(26)22-19-21-15-6-4-5-7-16(15)29-19/h4-11H,3,12H2,1-2H3,(H,21,22,26). The predicted octanol–water partition coefficient (Wildman–Crippen LogP) is 4.22. The van der Waals surface area contributed by atoms with Crippen molar-refractivity contribution >= 4 is 44.4 Å². The van der Waals surface area contributed by atoms with Crippen LogP contribution in [-0.4, -0.2) is 38.0 Å². The van der Waals surface area contributed by atoms with Crippen molar-refractivity contribution in [3.05, 3.63) is 48.5 Å². The number of nitrogens with one attached hydrogen (secondary N) is 1. The molecule has 0 atom stereocenters. The van der Waals surface area contributed by atoms with Gasteiger partial charge in [0.2, 0.25) is 5.91 Å². The van der Waals surface area contributed by atoms with Crippen molar-refractivity contribution in [2.75, 3.05) is 17.7 Å². The first kappa shape index (κ1) is 19.4. The van der Waals surface area contributed by atoms with Crippen LogP contribution in [0.2, 0.25) is 0 Å². The maximum absolute atomic E-state index is 12.3. The maximum Gasteiger partial charge on any atom is 0.236 e. The van der Waals surface area contributed by atoms with Crippen LogP contribution in [-0.2, 0) is 11.8 Å². The third-order valence-electron chi connectivity index (χ3n) is 4.13. The summed E-state index contributed by atoms with van der Waals surface area (Å²) in [5.74, 6) is 1.66. The van der Waals surface area contributed by atoms with Gasteiger partial charge >= 0.3 is 0 Å². The third-order valence-corrected chi connectivity index (χ3v) is 6.10. The highest BCUT2D eigenvalue weighted by Crippen LogP contribution is 2.27. The van der Waals surface area contributed by atoms with E-state index < -0.39 is 0 Å². The molecule has 0 aliphatic rings. The first-order valence-electron chi connectivity index (χ1n) is 9.05. The van der Waals surface area contributed by atoms with Gasteiger partial charge in [0, 0.05) is 12.6 Å². The Morgan fingerprint density at radius 1 is 1.17 bits per heavy atom. The van der Waals surface area contributed by atoms with Gasteiger partial charge < -0.3 is 14.6 Å². The third kappa shape index (κ3) is 4.41. The summed E-state index contributed by atoms with van der Waals surface area (Å²) in [5, 5.41) is 12.6. The van der Waals surface area contributed by atoms with Crippen LogP contribution in [0, 0.1) is 0 Å². The fourth-order valence-electron chi connectivity index (χ4n) is 2.77. The number of rotatable bonds is 7. The number of fused-ring (bicyclic) bond motifs is 1. The minimum Gasteiger partial charge on any atom is -0.494 e. The number of para-hydroxylation sites is 1. The van der Waals surface area contributed by atoms with E-state index >= 15 is 0 Å². The molecule has 0 spiro atoms. The summed E-state index contributed by atoms with van der Waals surface area (Å²) in [6, 6.07) is 15.5. The van der Waals surface area contributed by atoms with E-state index in [1.807, 2.05) is 67.1 Å². The van der Waals surface area contributed by atoms with Gasteiger partial charge in [0.25, 0.3) is 0 Å². The van der Waals surface area contributed by atoms with Crippen molar-refractivity contribution in [2.45, 2.75) is 12.1 Å². The van der Waals surface area contributed by atoms with Crippen molar-refractivity contribution in [1.82, 2.24) is 19.7 Å². The molecule has 4 rings (SSSR count). The van der Waals surface area contributed by atoms with Crippen molar-refractivity contribution in [3.63, 3.8) is 0 Å². The molecule has 2 aromatic heterocycles. The van der Waals surface area contributed by atoms with E-state index in [0.717, 1.165) is 27.4 Å². The molecule has 148 valence electrons. The maximum atomic E-state index is 12.3. The van der Waals surface area contributed by atoms with Gasteiger partial charge in [-0.15, -0.1) is 10.2 Å². The number of carbonyl (C=O) groups is 1. The highest BCUT2D eigenvalue weighted by Gasteiger charge is 2.14. The fourth-order valence-corrected chi connectivity index (χ4v) is 4.36. The van der Waals surface area contributed by atoms with Crippen molar-refractivity contribution in [2.24, 2.45) is 7.05 Å². The van der Waals surface area contributed by atoms with Gasteiger partial charge in [-0.3, -0.25) is 4.79 Å². The summed E-state index contributed by atoms with van der Waals surface area (Å²) in [6.07, 6.45) is 0. The van der Waals surface area contributed by atoms with Crippen molar-refractivity contribution in [1.29, 1.82) is 0 Å². The van der Waals surface area contributed by atoms with Crippen LogP contribution >= 0.6 is 23.1 Å². The summed E-state index contributed by atoms with van der Waals surface area (Å²) in [7, 11) is 1.89. The second kappa shape index (κ2) is 8.62. The Balaban J connectivity index is 1.39. The van der Waals surface area contributed by atoms with Crippen LogP contribution in [0.3, 0.4) is 0 Å². The Bertz CT molecular complexity index is 1100. The van der Waals surface area contributed by atoms with Crippen molar-refractivity contribution in [3.8, 4) is 17.1 Å². The number of nitrogens with zero attached hydrogens (tertiary/aromatic N) is 4. The van der Waals surface area contributed by atoms with Crippen molar-refractivity contribution < 1.29 is 9.53 Å². The number of ether oxygens (including phenoxy) is 1. The lowest BCUT2D eigenvalue weighted by atomic mass is 10.2. The van der Waals surface area contributed by atoms with Crippen LogP contribution in [0.25, 0.3) is 21.6 Å². The molecule has 2 heterocycles. The zero-order valence-corrected chi connectivity index (χ0v) is 17.6. The second-order valence-electron chi connectivity index (χ2n) is 6.15. The van der Waals surface area contributed by atoms with Gasteiger partial charge in [-0.1, -0.05) is 35.2 Å². The minimum absolute atomic E-state index is 0.125. The summed E-state index contributed by atoms with van der Waals surface area (Å²) < 4.78 is 8.39. The summed E-state index contributed by atoms with van der Waals surface area (Å²) in [4.78, 5) is 16.7. The molecular weight excluding hydrogens is 406 g/mol. The monoisotopic (exact) mass is 425 g/mol. The van der Waals surface area contributed by atoms with Gasteiger partial charge in [-0.25, -0.2) is 4.98 Å². The number of thiazole rings is 1. The topological polar surface area (TPSA) is 81.9 Å². The van der Waals surface area contributed by atoms with E-state index in [4.69, 9.17) is 4.74 Å². The van der Waals surface area contributed by atoms with E-state index in [1.54, 1.807) is 0 Å². The quantitative estimate of drug-likeness (QED) is 0.447. The highest BCUT2D eigenvalue weighted by atomic mass is 32.2. The fraction of sp³-hybridized carbons (Fsp3) is 0.200. The molecule has 0 radical (unpaired) electrons. The molecule has 0 bridgehead atoms. The number of amides is 1. The first-order chi connectivity index (χ1) is 14.1. The second-order valence-corrected chi connectivity index (χ2v) is 8.12. The SMILES string of the molecule is CCOc1ccc(-c2nnc(SCC(=O)Nc3nc4ccccc4s3)n2C)cc1. The molecular formula is C20H19N5O2S2. The van der Waals surface area contributed by atoms with Crippen LogP contribution < -0.4 is 10.1 Å². The molecule has 0 fully saturated rings. The molecule has 1 amide bonds. The summed E-state index contributed by atoms with van der Waals surface area (Å²) in [5.41, 5.74) is 1.82. The number of hydrogen-bond acceptors (Lipinski definition) is 7. The highest BCUT2D eigenvalue weighted by molar-refractivity contribution is 7.99. The van der Waals surface area contributed by atoms with Gasteiger partial charge in [0.05, 0.1) is 22.6 Å². The lowest BCUT2D eigenvalue weighted by molar-refractivity contribution is -0.113. The lowest BCUT2D eigenvalue weighted by Gasteiger charge is -2.06. The van der Waals surface area contributed by atoms with Crippen LogP contribution in [0.15, 0.2) is 53.7 Å². The van der Waals surface area contributed by atoms with Gasteiger partial charge in [-0.2, -0.15) is 0 Å². The largest absolute Gasteiger partial charge is 0.494 e. The molecule has 0 saturated carbocycles. The average Bonchev–Trinajstić information content (AvgIpc) is 3.30. The molecule has 29 heavy (non-hydrogen) atoms. The smallest absolute Gasteiger partial charge is 0.236 e. The molecule has 0 unspecified atom stereocenters. The van der Waals surface area contributed by atoms with Crippen LogP contribution in [0.1, 0.15) is 6.92 Å². The number of benzene rings is 2. The number of carbonyl (C=O) groups excluding carboxylic acids is 1. The van der Waals surface area contributed by atoms with Gasteiger partial charge in [-0.05, 0) is 43.3 Å². The first-order valence-corrected chi connectivity index (χ1v) is 10.8. The van der Waals surface area contributed by atoms with E-state index in [1.165, 1.54) is 23.1 Å².